The van der Waals surface area contributed by atoms with Gasteiger partial charge in [-0.25, -0.2) is 0 Å². The van der Waals surface area contributed by atoms with Crippen LogP contribution in [-0.4, -0.2) is 25.9 Å². The fourth-order valence-electron chi connectivity index (χ4n) is 2.74. The molecule has 2 aromatic rings. The third kappa shape index (κ3) is 4.81. The molecule has 2 atom stereocenters. The van der Waals surface area contributed by atoms with Crippen LogP contribution < -0.4 is 10.1 Å². The summed E-state index contributed by atoms with van der Waals surface area (Å²) in [5, 5.41) is 13.8. The van der Waals surface area contributed by atoms with Gasteiger partial charge in [0.15, 0.2) is 0 Å². The maximum atomic E-state index is 10.4. The van der Waals surface area contributed by atoms with Crippen molar-refractivity contribution < 1.29 is 14.6 Å². The lowest BCUT2D eigenvalue weighted by molar-refractivity contribution is 0.170. The van der Waals surface area contributed by atoms with Crippen molar-refractivity contribution in [3.63, 3.8) is 0 Å². The van der Waals surface area contributed by atoms with Crippen LogP contribution in [0.2, 0.25) is 0 Å². The molecule has 0 fully saturated rings. The summed E-state index contributed by atoms with van der Waals surface area (Å²) < 4.78 is 10.6. The molecule has 0 aliphatic rings. The normalized spacial score (nSPS) is 13.5. The van der Waals surface area contributed by atoms with Crippen LogP contribution in [0, 0.1) is 6.92 Å². The van der Waals surface area contributed by atoms with E-state index in [9.17, 15) is 5.11 Å². The van der Waals surface area contributed by atoms with Crippen molar-refractivity contribution in [3.8, 4) is 5.75 Å². The van der Waals surface area contributed by atoms with E-state index in [1.165, 1.54) is 0 Å². The zero-order valence-corrected chi connectivity index (χ0v) is 14.9. The minimum Gasteiger partial charge on any atom is -0.496 e. The van der Waals surface area contributed by atoms with E-state index in [-0.39, 0.29) is 6.04 Å². The Hall–Kier alpha value is -1.88. The Morgan fingerprint density at radius 3 is 2.54 bits per heavy atom. The average Bonchev–Trinajstić information content (AvgIpc) is 2.59. The van der Waals surface area contributed by atoms with Crippen LogP contribution in [-0.2, 0) is 11.3 Å². The zero-order valence-electron chi connectivity index (χ0n) is 14.9. The van der Waals surface area contributed by atoms with E-state index < -0.39 is 6.10 Å². The van der Waals surface area contributed by atoms with E-state index in [4.69, 9.17) is 9.47 Å². The van der Waals surface area contributed by atoms with Crippen molar-refractivity contribution in [2.75, 3.05) is 20.8 Å². The monoisotopic (exact) mass is 329 g/mol. The number of aryl methyl sites for hydroxylation is 1. The SMILES string of the molecule is COCc1cc(C(C)NCC(O)c2cccc(C)c2)ccc1OC. The van der Waals surface area contributed by atoms with Gasteiger partial charge in [-0.05, 0) is 37.1 Å². The van der Waals surface area contributed by atoms with Crippen molar-refractivity contribution in [1.82, 2.24) is 5.32 Å². The second-order valence-corrected chi connectivity index (χ2v) is 6.06. The van der Waals surface area contributed by atoms with Gasteiger partial charge >= 0.3 is 0 Å². The molecule has 0 saturated heterocycles. The molecule has 4 heteroatoms. The number of rotatable bonds is 8. The van der Waals surface area contributed by atoms with E-state index in [2.05, 4.69) is 18.3 Å². The predicted molar refractivity (Wildman–Crippen MR) is 96.3 cm³/mol. The molecular formula is C20H27NO3. The number of nitrogens with one attached hydrogen (secondary N) is 1. The van der Waals surface area contributed by atoms with E-state index in [1.807, 2.05) is 43.3 Å². The third-order valence-electron chi connectivity index (χ3n) is 4.15. The molecule has 0 spiro atoms. The van der Waals surface area contributed by atoms with Crippen LogP contribution in [0.25, 0.3) is 0 Å². The molecular weight excluding hydrogens is 302 g/mol. The highest BCUT2D eigenvalue weighted by molar-refractivity contribution is 5.38. The number of aliphatic hydroxyl groups excluding tert-OH is 1. The molecule has 0 aromatic heterocycles. The smallest absolute Gasteiger partial charge is 0.124 e. The molecule has 0 radical (unpaired) electrons. The van der Waals surface area contributed by atoms with Crippen molar-refractivity contribution >= 4 is 0 Å². The molecule has 0 amide bonds. The largest absolute Gasteiger partial charge is 0.496 e. The van der Waals surface area contributed by atoms with Gasteiger partial charge in [-0.15, -0.1) is 0 Å². The zero-order chi connectivity index (χ0) is 17.5. The first-order valence-corrected chi connectivity index (χ1v) is 8.19. The van der Waals surface area contributed by atoms with Crippen molar-refractivity contribution in [2.45, 2.75) is 32.6 Å². The van der Waals surface area contributed by atoms with Crippen LogP contribution in [0.15, 0.2) is 42.5 Å². The topological polar surface area (TPSA) is 50.7 Å². The first kappa shape index (κ1) is 18.5. The van der Waals surface area contributed by atoms with Crippen molar-refractivity contribution in [2.24, 2.45) is 0 Å². The third-order valence-corrected chi connectivity index (χ3v) is 4.15. The van der Waals surface area contributed by atoms with Gasteiger partial charge in [0.25, 0.3) is 0 Å². The molecule has 0 bridgehead atoms. The van der Waals surface area contributed by atoms with Crippen LogP contribution >= 0.6 is 0 Å². The number of aliphatic hydroxyl groups is 1. The fraction of sp³-hybridized carbons (Fsp3) is 0.400. The van der Waals surface area contributed by atoms with Gasteiger partial charge in [0.1, 0.15) is 5.75 Å². The molecule has 0 aliphatic heterocycles. The second kappa shape index (κ2) is 8.83. The standard InChI is InChI=1S/C20H27NO3/c1-14-6-5-7-17(10-14)19(22)12-21-15(2)16-8-9-20(24-4)18(11-16)13-23-3/h5-11,15,19,21-22H,12-13H2,1-4H3. The van der Waals surface area contributed by atoms with Gasteiger partial charge in [-0.2, -0.15) is 0 Å². The molecule has 4 nitrogen and oxygen atoms in total. The Balaban J connectivity index is 2.01. The number of methoxy groups -OCH3 is 2. The van der Waals surface area contributed by atoms with Gasteiger partial charge < -0.3 is 19.9 Å². The lowest BCUT2D eigenvalue weighted by atomic mass is 10.0. The minimum absolute atomic E-state index is 0.117. The number of hydrogen-bond donors (Lipinski definition) is 2. The van der Waals surface area contributed by atoms with E-state index in [0.29, 0.717) is 13.2 Å². The predicted octanol–water partition coefficient (Wildman–Crippen LogP) is 3.53. The van der Waals surface area contributed by atoms with E-state index in [1.54, 1.807) is 14.2 Å². The molecule has 0 heterocycles. The number of hydrogen-bond acceptors (Lipinski definition) is 4. The Morgan fingerprint density at radius 1 is 1.08 bits per heavy atom. The molecule has 2 aromatic carbocycles. The Morgan fingerprint density at radius 2 is 1.88 bits per heavy atom. The molecule has 2 unspecified atom stereocenters. The molecule has 130 valence electrons. The van der Waals surface area contributed by atoms with Crippen LogP contribution in [0.3, 0.4) is 0 Å². The summed E-state index contributed by atoms with van der Waals surface area (Å²) in [6.07, 6.45) is -0.524. The first-order valence-electron chi connectivity index (χ1n) is 8.19. The Bertz CT molecular complexity index is 657. The summed E-state index contributed by atoms with van der Waals surface area (Å²) in [6.45, 7) is 5.12. The second-order valence-electron chi connectivity index (χ2n) is 6.06. The molecule has 2 rings (SSSR count). The lowest BCUT2D eigenvalue weighted by Gasteiger charge is -2.19. The first-order chi connectivity index (χ1) is 11.5. The minimum atomic E-state index is -0.524. The van der Waals surface area contributed by atoms with Gasteiger partial charge in [-0.3, -0.25) is 0 Å². The molecule has 0 aliphatic carbocycles. The number of benzene rings is 2. The van der Waals surface area contributed by atoms with Gasteiger partial charge in [-0.1, -0.05) is 35.9 Å². The van der Waals surface area contributed by atoms with E-state index >= 15 is 0 Å². The summed E-state index contributed by atoms with van der Waals surface area (Å²) in [4.78, 5) is 0. The maximum absolute atomic E-state index is 10.4. The van der Waals surface area contributed by atoms with Crippen LogP contribution in [0.5, 0.6) is 5.75 Å². The Kier molecular flexibility index (Phi) is 6.79. The average molecular weight is 329 g/mol. The highest BCUT2D eigenvalue weighted by Crippen LogP contribution is 2.24. The number of ether oxygens (including phenoxy) is 2. The summed E-state index contributed by atoms with van der Waals surface area (Å²) in [5.41, 5.74) is 4.24. The Labute approximate surface area is 144 Å². The fourth-order valence-corrected chi connectivity index (χ4v) is 2.74. The highest BCUT2D eigenvalue weighted by atomic mass is 16.5. The van der Waals surface area contributed by atoms with Crippen LogP contribution in [0.4, 0.5) is 0 Å². The summed E-state index contributed by atoms with van der Waals surface area (Å²) in [6, 6.07) is 14.2. The molecule has 24 heavy (non-hydrogen) atoms. The summed E-state index contributed by atoms with van der Waals surface area (Å²) >= 11 is 0. The maximum Gasteiger partial charge on any atom is 0.124 e. The molecule has 2 N–H and O–H groups in total. The summed E-state index contributed by atoms with van der Waals surface area (Å²) in [5.74, 6) is 0.826. The van der Waals surface area contributed by atoms with E-state index in [0.717, 1.165) is 28.0 Å². The van der Waals surface area contributed by atoms with Crippen molar-refractivity contribution in [1.29, 1.82) is 0 Å². The van der Waals surface area contributed by atoms with Crippen LogP contribution in [0.1, 0.15) is 41.3 Å². The summed E-state index contributed by atoms with van der Waals surface area (Å²) in [7, 11) is 3.33. The molecule has 0 saturated carbocycles. The van der Waals surface area contributed by atoms with Gasteiger partial charge in [0, 0.05) is 25.3 Å². The van der Waals surface area contributed by atoms with Gasteiger partial charge in [0.05, 0.1) is 19.8 Å². The van der Waals surface area contributed by atoms with Crippen molar-refractivity contribution in [3.05, 3.63) is 64.7 Å². The lowest BCUT2D eigenvalue weighted by Crippen LogP contribution is -2.24. The quantitative estimate of drug-likeness (QED) is 0.778. The highest BCUT2D eigenvalue weighted by Gasteiger charge is 2.13. The van der Waals surface area contributed by atoms with Gasteiger partial charge in [0.2, 0.25) is 0 Å².